The van der Waals surface area contributed by atoms with Gasteiger partial charge in [0.25, 0.3) is 5.91 Å². The zero-order valence-electron chi connectivity index (χ0n) is 13.1. The van der Waals surface area contributed by atoms with Gasteiger partial charge in [0.2, 0.25) is 0 Å². The van der Waals surface area contributed by atoms with Crippen molar-refractivity contribution in [2.75, 3.05) is 11.9 Å². The first-order valence-corrected chi connectivity index (χ1v) is 7.31. The SMILES string of the molecule is CCC(=O)c1ccc(OCC(=O)Nc2cc(C)ccc2F)cc1. The van der Waals surface area contributed by atoms with E-state index in [0.717, 1.165) is 5.56 Å². The minimum absolute atomic E-state index is 0.0456. The summed E-state index contributed by atoms with van der Waals surface area (Å²) in [6, 6.07) is 11.0. The van der Waals surface area contributed by atoms with Crippen LogP contribution in [-0.4, -0.2) is 18.3 Å². The number of nitrogens with one attached hydrogen (secondary N) is 1. The summed E-state index contributed by atoms with van der Waals surface area (Å²) in [5.41, 5.74) is 1.58. The van der Waals surface area contributed by atoms with Crippen LogP contribution in [0, 0.1) is 12.7 Å². The van der Waals surface area contributed by atoms with Crippen molar-refractivity contribution in [1.82, 2.24) is 0 Å². The Hall–Kier alpha value is -2.69. The third-order valence-electron chi connectivity index (χ3n) is 3.26. The largest absolute Gasteiger partial charge is 0.484 e. The Morgan fingerprint density at radius 3 is 2.48 bits per heavy atom. The lowest BCUT2D eigenvalue weighted by Crippen LogP contribution is -2.20. The number of hydrogen-bond donors (Lipinski definition) is 1. The molecule has 0 aliphatic rings. The molecule has 1 N–H and O–H groups in total. The van der Waals surface area contributed by atoms with Gasteiger partial charge < -0.3 is 10.1 Å². The van der Waals surface area contributed by atoms with Gasteiger partial charge in [-0.05, 0) is 48.9 Å². The van der Waals surface area contributed by atoms with E-state index in [1.165, 1.54) is 6.07 Å². The average Bonchev–Trinajstić information content (AvgIpc) is 2.56. The lowest BCUT2D eigenvalue weighted by atomic mass is 10.1. The van der Waals surface area contributed by atoms with Crippen LogP contribution in [0.3, 0.4) is 0 Å². The summed E-state index contributed by atoms with van der Waals surface area (Å²) in [5.74, 6) is -0.434. The van der Waals surface area contributed by atoms with E-state index in [9.17, 15) is 14.0 Å². The van der Waals surface area contributed by atoms with Gasteiger partial charge in [0, 0.05) is 12.0 Å². The van der Waals surface area contributed by atoms with Crippen LogP contribution in [-0.2, 0) is 4.79 Å². The Bertz CT molecular complexity index is 711. The molecule has 2 rings (SSSR count). The van der Waals surface area contributed by atoms with E-state index >= 15 is 0 Å². The maximum Gasteiger partial charge on any atom is 0.262 e. The number of anilines is 1. The molecule has 0 heterocycles. The molecule has 23 heavy (non-hydrogen) atoms. The number of rotatable bonds is 6. The molecular formula is C18H18FNO3. The highest BCUT2D eigenvalue weighted by Gasteiger charge is 2.08. The highest BCUT2D eigenvalue weighted by molar-refractivity contribution is 5.96. The number of carbonyl (C=O) groups is 2. The van der Waals surface area contributed by atoms with Crippen LogP contribution in [0.25, 0.3) is 0 Å². The van der Waals surface area contributed by atoms with E-state index in [1.807, 2.05) is 6.92 Å². The Balaban J connectivity index is 1.91. The molecule has 0 aliphatic heterocycles. The van der Waals surface area contributed by atoms with E-state index in [-0.39, 0.29) is 18.1 Å². The van der Waals surface area contributed by atoms with E-state index in [0.29, 0.717) is 17.7 Å². The highest BCUT2D eigenvalue weighted by Crippen LogP contribution is 2.16. The Morgan fingerprint density at radius 1 is 1.13 bits per heavy atom. The van der Waals surface area contributed by atoms with Gasteiger partial charge in [0.1, 0.15) is 11.6 Å². The number of hydrogen-bond acceptors (Lipinski definition) is 3. The topological polar surface area (TPSA) is 55.4 Å². The van der Waals surface area contributed by atoms with Crippen LogP contribution in [0.1, 0.15) is 29.3 Å². The van der Waals surface area contributed by atoms with Crippen molar-refractivity contribution in [3.05, 3.63) is 59.4 Å². The van der Waals surface area contributed by atoms with Gasteiger partial charge in [0.15, 0.2) is 12.4 Å². The molecule has 120 valence electrons. The van der Waals surface area contributed by atoms with Gasteiger partial charge in [-0.2, -0.15) is 0 Å². The molecule has 0 saturated heterocycles. The average molecular weight is 315 g/mol. The first kappa shape index (κ1) is 16.7. The third-order valence-corrected chi connectivity index (χ3v) is 3.26. The van der Waals surface area contributed by atoms with Gasteiger partial charge >= 0.3 is 0 Å². The normalized spacial score (nSPS) is 10.2. The third kappa shape index (κ3) is 4.64. The summed E-state index contributed by atoms with van der Waals surface area (Å²) >= 11 is 0. The minimum Gasteiger partial charge on any atom is -0.484 e. The fraction of sp³-hybridized carbons (Fsp3) is 0.222. The van der Waals surface area contributed by atoms with Crippen molar-refractivity contribution in [2.24, 2.45) is 0 Å². The lowest BCUT2D eigenvalue weighted by Gasteiger charge is -2.09. The summed E-state index contributed by atoms with van der Waals surface area (Å²) < 4.78 is 18.9. The second-order valence-electron chi connectivity index (χ2n) is 5.12. The molecule has 4 nitrogen and oxygen atoms in total. The Labute approximate surface area is 134 Å². The van der Waals surface area contributed by atoms with Crippen molar-refractivity contribution < 1.29 is 18.7 Å². The van der Waals surface area contributed by atoms with Crippen LogP contribution in [0.5, 0.6) is 5.75 Å². The van der Waals surface area contributed by atoms with Crippen LogP contribution in [0.15, 0.2) is 42.5 Å². The number of halogens is 1. The Kier molecular flexibility index (Phi) is 5.46. The number of ether oxygens (including phenoxy) is 1. The van der Waals surface area contributed by atoms with Gasteiger partial charge in [-0.1, -0.05) is 13.0 Å². The van der Waals surface area contributed by atoms with Crippen LogP contribution >= 0.6 is 0 Å². The number of aryl methyl sites for hydroxylation is 1. The first-order valence-electron chi connectivity index (χ1n) is 7.31. The maximum absolute atomic E-state index is 13.6. The molecule has 0 unspecified atom stereocenters. The van der Waals surface area contributed by atoms with Crippen LogP contribution in [0.2, 0.25) is 0 Å². The molecule has 0 aromatic heterocycles. The molecule has 0 spiro atoms. The molecular weight excluding hydrogens is 297 g/mol. The smallest absolute Gasteiger partial charge is 0.262 e. The zero-order chi connectivity index (χ0) is 16.8. The quantitative estimate of drug-likeness (QED) is 0.826. The monoisotopic (exact) mass is 315 g/mol. The van der Waals surface area contributed by atoms with Gasteiger partial charge in [-0.15, -0.1) is 0 Å². The van der Waals surface area contributed by atoms with Crippen LogP contribution < -0.4 is 10.1 Å². The summed E-state index contributed by atoms with van der Waals surface area (Å²) in [6.45, 7) is 3.36. The molecule has 5 heteroatoms. The molecule has 0 bridgehead atoms. The number of benzene rings is 2. The fourth-order valence-corrected chi connectivity index (χ4v) is 2.01. The minimum atomic E-state index is -0.494. The molecule has 1 amide bonds. The molecule has 2 aromatic carbocycles. The zero-order valence-corrected chi connectivity index (χ0v) is 13.1. The molecule has 2 aromatic rings. The predicted octanol–water partition coefficient (Wildman–Crippen LogP) is 3.74. The summed E-state index contributed by atoms with van der Waals surface area (Å²) in [5, 5.41) is 2.47. The van der Waals surface area contributed by atoms with Crippen molar-refractivity contribution in [1.29, 1.82) is 0 Å². The van der Waals surface area contributed by atoms with E-state index in [4.69, 9.17) is 4.74 Å². The second kappa shape index (κ2) is 7.54. The van der Waals surface area contributed by atoms with Crippen LogP contribution in [0.4, 0.5) is 10.1 Å². The highest BCUT2D eigenvalue weighted by atomic mass is 19.1. The summed E-state index contributed by atoms with van der Waals surface area (Å²) in [6.07, 6.45) is 0.435. The second-order valence-corrected chi connectivity index (χ2v) is 5.12. The summed E-state index contributed by atoms with van der Waals surface area (Å²) in [4.78, 5) is 23.3. The molecule has 0 radical (unpaired) electrons. The molecule has 0 saturated carbocycles. The maximum atomic E-state index is 13.6. The number of Topliss-reactive ketones (excluding diaryl/α,β-unsaturated/α-hetero) is 1. The first-order chi connectivity index (χ1) is 11.0. The van der Waals surface area contributed by atoms with Crippen molar-refractivity contribution in [3.63, 3.8) is 0 Å². The lowest BCUT2D eigenvalue weighted by molar-refractivity contribution is -0.118. The van der Waals surface area contributed by atoms with E-state index in [2.05, 4.69) is 5.32 Å². The molecule has 0 atom stereocenters. The van der Waals surface area contributed by atoms with Gasteiger partial charge in [-0.25, -0.2) is 4.39 Å². The molecule has 0 aliphatic carbocycles. The molecule has 0 fully saturated rings. The van der Waals surface area contributed by atoms with Gasteiger partial charge in [-0.3, -0.25) is 9.59 Å². The predicted molar refractivity (Wildman–Crippen MR) is 86.3 cm³/mol. The number of amides is 1. The standard InChI is InChI=1S/C18H18FNO3/c1-3-17(21)13-5-7-14(8-6-13)23-11-18(22)20-16-10-12(2)4-9-15(16)19/h4-10H,3,11H2,1-2H3,(H,20,22). The summed E-state index contributed by atoms with van der Waals surface area (Å²) in [7, 11) is 0. The van der Waals surface area contributed by atoms with E-state index < -0.39 is 11.7 Å². The fourth-order valence-electron chi connectivity index (χ4n) is 2.01. The Morgan fingerprint density at radius 2 is 1.83 bits per heavy atom. The van der Waals surface area contributed by atoms with Crippen molar-refractivity contribution in [2.45, 2.75) is 20.3 Å². The number of ketones is 1. The van der Waals surface area contributed by atoms with Crippen molar-refractivity contribution in [3.8, 4) is 5.75 Å². The van der Waals surface area contributed by atoms with Gasteiger partial charge in [0.05, 0.1) is 5.69 Å². The van der Waals surface area contributed by atoms with Crippen molar-refractivity contribution >= 4 is 17.4 Å². The van der Waals surface area contributed by atoms with E-state index in [1.54, 1.807) is 43.3 Å². The number of carbonyl (C=O) groups excluding carboxylic acids is 2.